The van der Waals surface area contributed by atoms with Gasteiger partial charge in [-0.2, -0.15) is 0 Å². The topological polar surface area (TPSA) is 91.8 Å². The molecule has 2 saturated heterocycles. The Balaban J connectivity index is 1.95. The lowest BCUT2D eigenvalue weighted by atomic mass is 10.1. The second kappa shape index (κ2) is 8.28. The van der Waals surface area contributed by atoms with Gasteiger partial charge in [0.2, 0.25) is 0 Å². The highest BCUT2D eigenvalue weighted by atomic mass is 127. The lowest BCUT2D eigenvalue weighted by Gasteiger charge is -2.37. The van der Waals surface area contributed by atoms with Gasteiger partial charge in [-0.05, 0) is 42.1 Å². The first kappa shape index (κ1) is 23.9. The molecule has 0 bridgehead atoms. The van der Waals surface area contributed by atoms with Crippen molar-refractivity contribution >= 4 is 37.0 Å². The van der Waals surface area contributed by atoms with Gasteiger partial charge >= 0.3 is 5.69 Å². The molecule has 2 aliphatic heterocycles. The van der Waals surface area contributed by atoms with Crippen LogP contribution in [0.3, 0.4) is 0 Å². The van der Waals surface area contributed by atoms with Crippen LogP contribution in [0.2, 0.25) is 18.1 Å². The van der Waals surface area contributed by atoms with Crippen molar-refractivity contribution in [1.29, 1.82) is 0 Å². The van der Waals surface area contributed by atoms with Crippen molar-refractivity contribution in [3.05, 3.63) is 36.7 Å². The summed E-state index contributed by atoms with van der Waals surface area (Å²) in [4.78, 5) is 26.9. The predicted octanol–water partition coefficient (Wildman–Crippen LogP) is 3.38. The highest BCUT2D eigenvalue weighted by molar-refractivity contribution is 14.1. The molecule has 8 nitrogen and oxygen atoms in total. The number of fused-ring (bicyclic) bond motifs is 1. The molecule has 0 aromatic carbocycles. The average Bonchev–Trinajstić information content (AvgIpc) is 3.05. The van der Waals surface area contributed by atoms with Crippen molar-refractivity contribution in [2.24, 2.45) is 0 Å². The molecule has 0 aliphatic carbocycles. The maximum Gasteiger partial charge on any atom is 0.331 e. The van der Waals surface area contributed by atoms with E-state index >= 15 is 0 Å². The molecule has 168 valence electrons. The molecule has 10 heteroatoms. The van der Waals surface area contributed by atoms with Crippen LogP contribution in [-0.2, 0) is 18.6 Å². The molecule has 0 radical (unpaired) electrons. The molecule has 0 unspecified atom stereocenters. The fourth-order valence-corrected chi connectivity index (χ4v) is 4.87. The first-order chi connectivity index (χ1) is 13.8. The maximum absolute atomic E-state index is 12.7. The van der Waals surface area contributed by atoms with Gasteiger partial charge in [-0.3, -0.25) is 14.3 Å². The summed E-state index contributed by atoms with van der Waals surface area (Å²) in [7, 11) is -2.00. The van der Waals surface area contributed by atoms with Gasteiger partial charge in [0.1, 0.15) is 18.3 Å². The molecule has 0 amide bonds. The van der Waals surface area contributed by atoms with Crippen LogP contribution >= 0.6 is 22.6 Å². The van der Waals surface area contributed by atoms with Crippen LogP contribution in [0, 0.1) is 0 Å². The Kier molecular flexibility index (Phi) is 6.59. The molecule has 4 atom stereocenters. The van der Waals surface area contributed by atoms with E-state index in [4.69, 9.17) is 18.6 Å². The van der Waals surface area contributed by atoms with Crippen LogP contribution in [0.5, 0.6) is 0 Å². The molecule has 2 fully saturated rings. The molecule has 30 heavy (non-hydrogen) atoms. The van der Waals surface area contributed by atoms with Crippen LogP contribution in [0.15, 0.2) is 19.7 Å². The molecule has 3 rings (SSSR count). The van der Waals surface area contributed by atoms with Gasteiger partial charge in [-0.25, -0.2) is 4.79 Å². The number of ether oxygens (including phenoxy) is 3. The minimum Gasteiger partial charge on any atom is -0.414 e. The lowest BCUT2D eigenvalue weighted by molar-refractivity contribution is -0.200. The highest BCUT2D eigenvalue weighted by Gasteiger charge is 2.56. The number of halogens is 1. The molecule has 0 saturated carbocycles. The Morgan fingerprint density at radius 1 is 1.27 bits per heavy atom. The van der Waals surface area contributed by atoms with Gasteiger partial charge in [0, 0.05) is 6.07 Å². The maximum atomic E-state index is 12.7. The molecular formula is C20H31IN2O6Si. The third kappa shape index (κ3) is 4.68. The quantitative estimate of drug-likeness (QED) is 0.447. The molecule has 3 heterocycles. The first-order valence-corrected chi connectivity index (χ1v) is 14.2. The summed E-state index contributed by atoms with van der Waals surface area (Å²) in [6, 6.07) is 1.37. The van der Waals surface area contributed by atoms with E-state index in [1.165, 1.54) is 10.6 Å². The summed E-state index contributed by atoms with van der Waals surface area (Å²) in [5.74, 6) is -0.808. The zero-order valence-electron chi connectivity index (χ0n) is 18.5. The van der Waals surface area contributed by atoms with E-state index in [-0.39, 0.29) is 11.1 Å². The summed E-state index contributed by atoms with van der Waals surface area (Å²) in [5, 5.41) is 0.0603. The number of rotatable bonds is 5. The number of H-pyrrole nitrogens is 1. The summed E-state index contributed by atoms with van der Waals surface area (Å²) >= 11 is 2.04. The van der Waals surface area contributed by atoms with Crippen LogP contribution < -0.4 is 11.2 Å². The average molecular weight is 550 g/mol. The third-order valence-corrected chi connectivity index (χ3v) is 10.9. The van der Waals surface area contributed by atoms with Crippen molar-refractivity contribution in [1.82, 2.24) is 9.55 Å². The van der Waals surface area contributed by atoms with Gasteiger partial charge < -0.3 is 18.6 Å². The third-order valence-electron chi connectivity index (χ3n) is 6.03. The van der Waals surface area contributed by atoms with Crippen molar-refractivity contribution in [2.45, 2.75) is 83.1 Å². The molecule has 1 N–H and O–H groups in total. The fourth-order valence-electron chi connectivity index (χ4n) is 3.49. The monoisotopic (exact) mass is 550 g/mol. The van der Waals surface area contributed by atoms with Gasteiger partial charge in [0.25, 0.3) is 5.56 Å². The van der Waals surface area contributed by atoms with E-state index in [9.17, 15) is 9.59 Å². The zero-order chi connectivity index (χ0) is 22.5. The Morgan fingerprint density at radius 2 is 1.90 bits per heavy atom. The van der Waals surface area contributed by atoms with Gasteiger partial charge in [0.05, 0.1) is 12.3 Å². The van der Waals surface area contributed by atoms with Gasteiger partial charge in [-0.1, -0.05) is 43.4 Å². The zero-order valence-corrected chi connectivity index (χ0v) is 21.7. The van der Waals surface area contributed by atoms with Crippen molar-refractivity contribution < 1.29 is 18.6 Å². The van der Waals surface area contributed by atoms with Crippen LogP contribution in [0.1, 0.15) is 46.5 Å². The molecule has 2 aliphatic rings. The Hall–Kier alpha value is -0.793. The van der Waals surface area contributed by atoms with Gasteiger partial charge in [-0.15, -0.1) is 0 Å². The predicted molar refractivity (Wildman–Crippen MR) is 125 cm³/mol. The number of aromatic amines is 1. The van der Waals surface area contributed by atoms with Gasteiger partial charge in [0.15, 0.2) is 20.3 Å². The summed E-state index contributed by atoms with van der Waals surface area (Å²) in [5.41, 5.74) is -0.562. The lowest BCUT2D eigenvalue weighted by Crippen LogP contribution is -2.44. The van der Waals surface area contributed by atoms with Crippen LogP contribution in [0.4, 0.5) is 0 Å². The normalized spacial score (nSPS) is 28.9. The summed E-state index contributed by atoms with van der Waals surface area (Å²) < 4.78 is 28.1. The second-order valence-electron chi connectivity index (χ2n) is 9.73. The number of nitrogens with one attached hydrogen (secondary N) is 1. The smallest absolute Gasteiger partial charge is 0.331 e. The Labute approximate surface area is 191 Å². The van der Waals surface area contributed by atoms with E-state index in [2.05, 4.69) is 38.8 Å². The number of hydrogen-bond acceptors (Lipinski definition) is 6. The second-order valence-corrected chi connectivity index (χ2v) is 15.3. The van der Waals surface area contributed by atoms with Crippen molar-refractivity contribution in [3.8, 4) is 0 Å². The summed E-state index contributed by atoms with van der Waals surface area (Å²) in [6.45, 7) is 14.9. The molecule has 1 aromatic rings. The molecular weight excluding hydrogens is 519 g/mol. The minimum absolute atomic E-state index is 0.0603. The largest absolute Gasteiger partial charge is 0.414 e. The summed E-state index contributed by atoms with van der Waals surface area (Å²) in [6.07, 6.45) is -0.332. The molecule has 1 aromatic heterocycles. The standard InChI is InChI=1S/C20H31IN2O6Si/c1-19(2,3)30(6,7)26-11-13-15-16(29-20(4,5)28-15)17(27-13)23-12(8-9-21)10-14(24)22-18(23)25/h8-10,13,15-17H,11H2,1-7H3,(H,22,24,25)/b9-8+/t13-,15-,16-,17-/m1/s1. The van der Waals surface area contributed by atoms with Crippen LogP contribution in [-0.4, -0.2) is 48.6 Å². The number of aromatic nitrogens is 2. The van der Waals surface area contributed by atoms with E-state index in [1.807, 2.05) is 36.4 Å². The first-order valence-electron chi connectivity index (χ1n) is 10.0. The Bertz CT molecular complexity index is 932. The van der Waals surface area contributed by atoms with Crippen molar-refractivity contribution in [3.63, 3.8) is 0 Å². The molecule has 0 spiro atoms. The van der Waals surface area contributed by atoms with Crippen molar-refractivity contribution in [2.75, 3.05) is 6.61 Å². The van der Waals surface area contributed by atoms with E-state index < -0.39 is 43.8 Å². The van der Waals surface area contributed by atoms with E-state index in [0.717, 1.165) is 0 Å². The SMILES string of the molecule is CC1(C)O[C@@H]2[C@H](O1)[C@@H](CO[Si](C)(C)C(C)(C)C)O[C@H]2n1c(/C=C/I)cc(=O)[nH]c1=O. The fraction of sp³-hybridized carbons (Fsp3) is 0.700. The highest BCUT2D eigenvalue weighted by Crippen LogP contribution is 2.44. The van der Waals surface area contributed by atoms with Crippen LogP contribution in [0.25, 0.3) is 6.08 Å². The Morgan fingerprint density at radius 3 is 2.50 bits per heavy atom. The minimum atomic E-state index is -2.00. The van der Waals surface area contributed by atoms with E-state index in [0.29, 0.717) is 12.3 Å². The number of nitrogens with zero attached hydrogens (tertiary/aromatic N) is 1. The number of hydrogen-bond donors (Lipinski definition) is 1. The van der Waals surface area contributed by atoms with E-state index in [1.54, 1.807) is 10.2 Å².